The van der Waals surface area contributed by atoms with Gasteiger partial charge in [-0.25, -0.2) is 4.57 Å². The molecule has 0 aromatic heterocycles. The molecular formula is C48H94NO12P. The molecule has 1 aliphatic rings. The van der Waals surface area contributed by atoms with Crippen LogP contribution < -0.4 is 5.32 Å². The molecule has 0 aromatic carbocycles. The molecule has 368 valence electrons. The quantitative estimate of drug-likeness (QED) is 0.0159. The number of carbonyl (C=O) groups is 1. The summed E-state index contributed by atoms with van der Waals surface area (Å²) in [5.41, 5.74) is 0. The Hall–Kier alpha value is -0.960. The van der Waals surface area contributed by atoms with E-state index in [9.17, 15) is 50.0 Å². The minimum atomic E-state index is -5.12. The fourth-order valence-corrected chi connectivity index (χ4v) is 9.21. The van der Waals surface area contributed by atoms with Gasteiger partial charge in [0.25, 0.3) is 0 Å². The van der Waals surface area contributed by atoms with Crippen molar-refractivity contribution in [1.29, 1.82) is 0 Å². The van der Waals surface area contributed by atoms with Gasteiger partial charge in [-0.1, -0.05) is 193 Å². The Morgan fingerprint density at radius 3 is 1.32 bits per heavy atom. The van der Waals surface area contributed by atoms with Crippen LogP contribution in [0.25, 0.3) is 0 Å². The fraction of sp³-hybridized carbons (Fsp3) is 0.938. The van der Waals surface area contributed by atoms with Gasteiger partial charge in [0.1, 0.15) is 36.6 Å². The Bertz CT molecular complexity index is 1120. The molecule has 1 saturated carbocycles. The molecule has 13 nitrogen and oxygen atoms in total. The zero-order valence-electron chi connectivity index (χ0n) is 39.1. The monoisotopic (exact) mass is 908 g/mol. The van der Waals surface area contributed by atoms with Crippen LogP contribution in [0.4, 0.5) is 0 Å². The van der Waals surface area contributed by atoms with Gasteiger partial charge in [0.2, 0.25) is 5.91 Å². The van der Waals surface area contributed by atoms with Crippen molar-refractivity contribution < 1.29 is 59.0 Å². The maximum atomic E-state index is 13.0. The molecule has 8 unspecified atom stereocenters. The average molecular weight is 908 g/mol. The third-order valence-corrected chi connectivity index (χ3v) is 13.4. The molecule has 1 aliphatic carbocycles. The Kier molecular flexibility index (Phi) is 36.4. The van der Waals surface area contributed by atoms with Crippen LogP contribution in [0.3, 0.4) is 0 Å². The van der Waals surface area contributed by atoms with Crippen molar-refractivity contribution in [3.8, 4) is 0 Å². The molecule has 9 N–H and O–H groups in total. The van der Waals surface area contributed by atoms with Gasteiger partial charge in [0.05, 0.1) is 31.3 Å². The smallest absolute Gasteiger partial charge is 0.393 e. The van der Waals surface area contributed by atoms with E-state index in [1.807, 2.05) is 0 Å². The van der Waals surface area contributed by atoms with Crippen molar-refractivity contribution in [3.63, 3.8) is 0 Å². The van der Waals surface area contributed by atoms with Crippen LogP contribution >= 0.6 is 7.82 Å². The van der Waals surface area contributed by atoms with E-state index < -0.39 is 75.2 Å². The zero-order valence-corrected chi connectivity index (χ0v) is 39.9. The summed E-state index contributed by atoms with van der Waals surface area (Å²) in [5.74, 6) is -0.563. The number of nitrogens with one attached hydrogen (secondary N) is 1. The number of rotatable bonds is 42. The molecule has 14 heteroatoms. The number of phosphoric ester groups is 1. The first-order chi connectivity index (χ1) is 29.8. The maximum absolute atomic E-state index is 13.0. The Labute approximate surface area is 376 Å². The van der Waals surface area contributed by atoms with Gasteiger partial charge in [-0.2, -0.15) is 0 Å². The zero-order chi connectivity index (χ0) is 45.9. The summed E-state index contributed by atoms with van der Waals surface area (Å²) in [4.78, 5) is 23.5. The van der Waals surface area contributed by atoms with Crippen LogP contribution in [0.2, 0.25) is 0 Å². The standard InChI is InChI=1S/C48H94NO12P/c1-3-5-7-9-11-13-15-17-19-20-21-22-23-25-27-29-31-33-35-39(50)37-42(52)49-40(38-60-62(58,59)61-48-46(56)44(54)43(53)45(55)47(48)57)41(51)36-34-32-30-28-26-24-18-16-14-12-10-8-6-4-2/h21-22,39-41,43-48,50-51,53-57H,3-20,23-38H2,1-2H3,(H,49,52)(H,58,59)/b22-21-. The highest BCUT2D eigenvalue weighted by Crippen LogP contribution is 2.47. The number of hydrogen-bond donors (Lipinski definition) is 9. The Balaban J connectivity index is 2.47. The number of hydrogen-bond acceptors (Lipinski definition) is 11. The molecule has 1 amide bonds. The summed E-state index contributed by atoms with van der Waals surface area (Å²) < 4.78 is 23.0. The third-order valence-electron chi connectivity index (χ3n) is 12.4. The lowest BCUT2D eigenvalue weighted by Crippen LogP contribution is -2.64. The third kappa shape index (κ3) is 29.5. The number of carbonyl (C=O) groups excluding carboxylic acids is 1. The minimum absolute atomic E-state index is 0.225. The Morgan fingerprint density at radius 1 is 0.548 bits per heavy atom. The molecule has 0 saturated heterocycles. The van der Waals surface area contributed by atoms with Crippen LogP contribution in [0, 0.1) is 0 Å². The maximum Gasteiger partial charge on any atom is 0.472 e. The topological polar surface area (TPSA) is 226 Å². The molecule has 0 aliphatic heterocycles. The highest BCUT2D eigenvalue weighted by atomic mass is 31.2. The van der Waals surface area contributed by atoms with Gasteiger partial charge < -0.3 is 46.0 Å². The van der Waals surface area contributed by atoms with Crippen LogP contribution in [-0.2, 0) is 18.4 Å². The van der Waals surface area contributed by atoms with E-state index in [-0.39, 0.29) is 12.8 Å². The lowest BCUT2D eigenvalue weighted by atomic mass is 9.85. The SMILES string of the molecule is CCCCCCCCCCC/C=C\CCCCCCCC(O)CC(=O)NC(COP(=O)(O)OC1C(O)C(O)C(O)C(O)C1O)C(O)CCCCCCCCCCCCCCCC. The van der Waals surface area contributed by atoms with Gasteiger partial charge in [-0.15, -0.1) is 0 Å². The summed E-state index contributed by atoms with van der Waals surface area (Å²) >= 11 is 0. The van der Waals surface area contributed by atoms with Crippen molar-refractivity contribution in [3.05, 3.63) is 12.2 Å². The molecule has 1 rings (SSSR count). The predicted octanol–water partition coefficient (Wildman–Crippen LogP) is 8.98. The van der Waals surface area contributed by atoms with Crippen molar-refractivity contribution >= 4 is 13.7 Å². The van der Waals surface area contributed by atoms with Gasteiger partial charge in [0.15, 0.2) is 0 Å². The summed E-state index contributed by atoms with van der Waals surface area (Å²) in [5, 5.41) is 74.7. The first kappa shape index (κ1) is 59.1. The average Bonchev–Trinajstić information content (AvgIpc) is 3.24. The van der Waals surface area contributed by atoms with Crippen molar-refractivity contribution in [1.82, 2.24) is 5.32 Å². The molecule has 0 radical (unpaired) electrons. The summed E-state index contributed by atoms with van der Waals surface area (Å²) in [6.45, 7) is 3.80. The molecular weight excluding hydrogens is 813 g/mol. The van der Waals surface area contributed by atoms with E-state index in [2.05, 4.69) is 31.3 Å². The largest absolute Gasteiger partial charge is 0.472 e. The first-order valence-corrected chi connectivity index (χ1v) is 26.7. The van der Waals surface area contributed by atoms with Gasteiger partial charge >= 0.3 is 7.82 Å². The molecule has 0 heterocycles. The number of unbranched alkanes of at least 4 members (excludes halogenated alkanes) is 27. The Morgan fingerprint density at radius 2 is 0.903 bits per heavy atom. The number of aliphatic hydroxyl groups is 7. The summed E-state index contributed by atoms with van der Waals surface area (Å²) in [6.07, 6.45) is 26.8. The van der Waals surface area contributed by atoms with E-state index in [1.165, 1.54) is 116 Å². The van der Waals surface area contributed by atoms with Gasteiger partial charge in [-0.3, -0.25) is 13.8 Å². The lowest BCUT2D eigenvalue weighted by molar-refractivity contribution is -0.220. The minimum Gasteiger partial charge on any atom is -0.393 e. The highest BCUT2D eigenvalue weighted by molar-refractivity contribution is 7.47. The van der Waals surface area contributed by atoms with Gasteiger partial charge in [0, 0.05) is 0 Å². The van der Waals surface area contributed by atoms with E-state index in [4.69, 9.17) is 9.05 Å². The van der Waals surface area contributed by atoms with Crippen molar-refractivity contribution in [2.45, 2.75) is 281 Å². The van der Waals surface area contributed by atoms with Crippen molar-refractivity contribution in [2.24, 2.45) is 0 Å². The van der Waals surface area contributed by atoms with E-state index >= 15 is 0 Å². The summed E-state index contributed by atoms with van der Waals surface area (Å²) in [7, 11) is -5.12. The molecule has 0 bridgehead atoms. The molecule has 1 fully saturated rings. The number of allylic oxidation sites excluding steroid dienone is 2. The normalized spacial score (nSPS) is 23.1. The number of aliphatic hydroxyl groups excluding tert-OH is 7. The summed E-state index contributed by atoms with van der Waals surface area (Å²) in [6, 6.07) is -1.15. The van der Waals surface area contributed by atoms with Crippen LogP contribution in [0.1, 0.15) is 226 Å². The molecule has 62 heavy (non-hydrogen) atoms. The highest BCUT2D eigenvalue weighted by Gasteiger charge is 2.51. The van der Waals surface area contributed by atoms with E-state index in [0.29, 0.717) is 12.8 Å². The first-order valence-electron chi connectivity index (χ1n) is 25.2. The van der Waals surface area contributed by atoms with Crippen LogP contribution in [-0.4, -0.2) is 108 Å². The predicted molar refractivity (Wildman–Crippen MR) is 247 cm³/mol. The second-order valence-corrected chi connectivity index (χ2v) is 19.6. The molecule has 8 atom stereocenters. The van der Waals surface area contributed by atoms with E-state index in [1.54, 1.807) is 0 Å². The van der Waals surface area contributed by atoms with Gasteiger partial charge in [-0.05, 0) is 38.5 Å². The molecule has 0 aromatic rings. The second-order valence-electron chi connectivity index (χ2n) is 18.2. The molecule has 0 spiro atoms. The second kappa shape index (κ2) is 38.2. The fourth-order valence-electron chi connectivity index (χ4n) is 8.24. The van der Waals surface area contributed by atoms with Crippen LogP contribution in [0.15, 0.2) is 12.2 Å². The van der Waals surface area contributed by atoms with E-state index in [0.717, 1.165) is 70.6 Å². The number of phosphoric acid groups is 1. The number of amides is 1. The van der Waals surface area contributed by atoms with Crippen molar-refractivity contribution in [2.75, 3.05) is 6.61 Å². The lowest BCUT2D eigenvalue weighted by Gasteiger charge is -2.41. The van der Waals surface area contributed by atoms with Crippen LogP contribution in [0.5, 0.6) is 0 Å².